The first-order chi connectivity index (χ1) is 8.17. The molecule has 1 saturated heterocycles. The van der Waals surface area contributed by atoms with Crippen LogP contribution >= 0.6 is 11.8 Å². The molecule has 1 N–H and O–H groups in total. The molecule has 100 valence electrons. The Balaban J connectivity index is 2.53. The second-order valence-corrected chi connectivity index (χ2v) is 5.86. The molecule has 0 bridgehead atoms. The van der Waals surface area contributed by atoms with Crippen LogP contribution in [0.2, 0.25) is 0 Å². The van der Waals surface area contributed by atoms with Crippen LogP contribution in [0.4, 0.5) is 0 Å². The van der Waals surface area contributed by atoms with Gasteiger partial charge in [-0.1, -0.05) is 13.3 Å². The molecule has 1 aliphatic rings. The van der Waals surface area contributed by atoms with E-state index in [2.05, 4.69) is 18.1 Å². The number of likely N-dealkylation sites (tertiary alicyclic amines) is 1. The molecule has 1 atom stereocenters. The maximum atomic E-state index is 11.6. The molecule has 0 aromatic rings. The van der Waals surface area contributed by atoms with Gasteiger partial charge < -0.3 is 5.11 Å². The van der Waals surface area contributed by atoms with E-state index < -0.39 is 11.5 Å². The standard InChI is InChI=1S/C13H25NO2S/c1-3-7-13(12(15)16)8-6-10-14(13)9-4-5-11-17-2/h3-11H2,1-2H3,(H,15,16). The number of carboxylic acids is 1. The van der Waals surface area contributed by atoms with E-state index in [0.29, 0.717) is 0 Å². The summed E-state index contributed by atoms with van der Waals surface area (Å²) in [6, 6.07) is 0. The Morgan fingerprint density at radius 1 is 1.47 bits per heavy atom. The number of unbranched alkanes of at least 4 members (excludes halogenated alkanes) is 1. The van der Waals surface area contributed by atoms with Gasteiger partial charge in [-0.05, 0) is 57.2 Å². The molecule has 17 heavy (non-hydrogen) atoms. The molecule has 0 aromatic carbocycles. The van der Waals surface area contributed by atoms with Crippen LogP contribution in [0, 0.1) is 0 Å². The Hall–Kier alpha value is -0.220. The molecule has 0 saturated carbocycles. The van der Waals surface area contributed by atoms with E-state index in [0.717, 1.165) is 45.2 Å². The Bertz CT molecular complexity index is 248. The summed E-state index contributed by atoms with van der Waals surface area (Å²) < 4.78 is 0. The molecule has 1 aliphatic heterocycles. The largest absolute Gasteiger partial charge is 0.480 e. The predicted molar refractivity (Wildman–Crippen MR) is 73.7 cm³/mol. The van der Waals surface area contributed by atoms with Crippen molar-refractivity contribution in [2.24, 2.45) is 0 Å². The van der Waals surface area contributed by atoms with Crippen molar-refractivity contribution >= 4 is 17.7 Å². The molecule has 0 aliphatic carbocycles. The average molecular weight is 259 g/mol. The van der Waals surface area contributed by atoms with E-state index in [1.165, 1.54) is 12.2 Å². The molecule has 0 amide bonds. The van der Waals surface area contributed by atoms with E-state index in [9.17, 15) is 9.90 Å². The van der Waals surface area contributed by atoms with Crippen molar-refractivity contribution in [1.82, 2.24) is 4.90 Å². The minimum Gasteiger partial charge on any atom is -0.480 e. The third kappa shape index (κ3) is 3.62. The number of rotatable bonds is 8. The smallest absolute Gasteiger partial charge is 0.324 e. The summed E-state index contributed by atoms with van der Waals surface area (Å²) in [5.41, 5.74) is -0.548. The number of hydrogen-bond acceptors (Lipinski definition) is 3. The van der Waals surface area contributed by atoms with Gasteiger partial charge in [0.15, 0.2) is 0 Å². The molecule has 1 fully saturated rings. The fourth-order valence-corrected chi connectivity index (χ4v) is 3.35. The summed E-state index contributed by atoms with van der Waals surface area (Å²) >= 11 is 1.87. The highest BCUT2D eigenvalue weighted by molar-refractivity contribution is 7.98. The second-order valence-electron chi connectivity index (χ2n) is 4.88. The van der Waals surface area contributed by atoms with Gasteiger partial charge in [0.1, 0.15) is 5.54 Å². The third-order valence-corrected chi connectivity index (χ3v) is 4.41. The lowest BCUT2D eigenvalue weighted by atomic mass is 9.90. The van der Waals surface area contributed by atoms with Crippen LogP contribution in [0.3, 0.4) is 0 Å². The van der Waals surface area contributed by atoms with Crippen LogP contribution in [0.15, 0.2) is 0 Å². The number of carboxylic acid groups (broad SMARTS) is 1. The van der Waals surface area contributed by atoms with Gasteiger partial charge in [-0.25, -0.2) is 0 Å². The molecule has 3 nitrogen and oxygen atoms in total. The molecule has 0 radical (unpaired) electrons. The van der Waals surface area contributed by atoms with E-state index in [-0.39, 0.29) is 0 Å². The first kappa shape index (κ1) is 14.8. The SMILES string of the molecule is CCCC1(C(=O)O)CCCN1CCCCSC. The Morgan fingerprint density at radius 3 is 2.82 bits per heavy atom. The Kier molecular flexibility index (Phi) is 6.34. The van der Waals surface area contributed by atoms with Crippen molar-refractivity contribution in [3.8, 4) is 0 Å². The van der Waals surface area contributed by atoms with E-state index in [4.69, 9.17) is 0 Å². The average Bonchev–Trinajstić information content (AvgIpc) is 2.70. The number of hydrogen-bond donors (Lipinski definition) is 1. The van der Waals surface area contributed by atoms with Crippen LogP contribution in [0.25, 0.3) is 0 Å². The van der Waals surface area contributed by atoms with E-state index in [1.54, 1.807) is 0 Å². The zero-order valence-electron chi connectivity index (χ0n) is 11.1. The summed E-state index contributed by atoms with van der Waals surface area (Å²) in [6.45, 7) is 3.99. The maximum absolute atomic E-state index is 11.6. The second kappa shape index (κ2) is 7.27. The fraction of sp³-hybridized carbons (Fsp3) is 0.923. The van der Waals surface area contributed by atoms with Gasteiger partial charge in [-0.3, -0.25) is 9.69 Å². The zero-order valence-corrected chi connectivity index (χ0v) is 11.9. The van der Waals surface area contributed by atoms with Crippen molar-refractivity contribution in [1.29, 1.82) is 0 Å². The lowest BCUT2D eigenvalue weighted by Crippen LogP contribution is -2.50. The molecule has 1 unspecified atom stereocenters. The number of carbonyl (C=O) groups is 1. The summed E-state index contributed by atoms with van der Waals surface area (Å²) in [4.78, 5) is 13.8. The van der Waals surface area contributed by atoms with Gasteiger partial charge >= 0.3 is 5.97 Å². The number of aliphatic carboxylic acids is 1. The summed E-state index contributed by atoms with van der Waals surface area (Å²) in [5.74, 6) is 0.573. The van der Waals surface area contributed by atoms with Crippen LogP contribution in [-0.2, 0) is 4.79 Å². The zero-order chi connectivity index (χ0) is 12.7. The third-order valence-electron chi connectivity index (χ3n) is 3.71. The highest BCUT2D eigenvalue weighted by atomic mass is 32.2. The molecule has 1 heterocycles. The highest BCUT2D eigenvalue weighted by Gasteiger charge is 2.46. The van der Waals surface area contributed by atoms with Crippen LogP contribution in [0.1, 0.15) is 45.4 Å². The Morgan fingerprint density at radius 2 is 2.24 bits per heavy atom. The van der Waals surface area contributed by atoms with Crippen molar-refractivity contribution in [2.75, 3.05) is 25.1 Å². The van der Waals surface area contributed by atoms with Gasteiger partial charge in [0, 0.05) is 0 Å². The lowest BCUT2D eigenvalue weighted by Gasteiger charge is -2.34. The van der Waals surface area contributed by atoms with Crippen molar-refractivity contribution in [3.05, 3.63) is 0 Å². The van der Waals surface area contributed by atoms with Gasteiger partial charge in [0.25, 0.3) is 0 Å². The van der Waals surface area contributed by atoms with Crippen LogP contribution < -0.4 is 0 Å². The minimum atomic E-state index is -0.610. The van der Waals surface area contributed by atoms with Crippen molar-refractivity contribution in [3.63, 3.8) is 0 Å². The lowest BCUT2D eigenvalue weighted by molar-refractivity contribution is -0.150. The molecular weight excluding hydrogens is 234 g/mol. The van der Waals surface area contributed by atoms with Crippen molar-refractivity contribution < 1.29 is 9.90 Å². The normalized spacial score (nSPS) is 25.3. The fourth-order valence-electron chi connectivity index (χ4n) is 2.86. The van der Waals surface area contributed by atoms with E-state index >= 15 is 0 Å². The predicted octanol–water partition coefficient (Wildman–Crippen LogP) is 2.85. The quantitative estimate of drug-likeness (QED) is 0.681. The molecular formula is C13H25NO2S. The topological polar surface area (TPSA) is 40.5 Å². The van der Waals surface area contributed by atoms with Crippen LogP contribution in [-0.4, -0.2) is 46.6 Å². The van der Waals surface area contributed by atoms with Crippen LogP contribution in [0.5, 0.6) is 0 Å². The molecule has 1 rings (SSSR count). The summed E-state index contributed by atoms with van der Waals surface area (Å²) in [5, 5.41) is 9.52. The van der Waals surface area contributed by atoms with Gasteiger partial charge in [0.2, 0.25) is 0 Å². The van der Waals surface area contributed by atoms with Gasteiger partial charge in [-0.15, -0.1) is 0 Å². The van der Waals surface area contributed by atoms with Gasteiger partial charge in [0.05, 0.1) is 0 Å². The summed E-state index contributed by atoms with van der Waals surface area (Å²) in [7, 11) is 0. The van der Waals surface area contributed by atoms with Crippen molar-refractivity contribution in [2.45, 2.75) is 51.0 Å². The molecule has 4 heteroatoms. The molecule has 0 spiro atoms. The minimum absolute atomic E-state index is 0.548. The number of nitrogens with zero attached hydrogens (tertiary/aromatic N) is 1. The van der Waals surface area contributed by atoms with Gasteiger partial charge in [-0.2, -0.15) is 11.8 Å². The first-order valence-electron chi connectivity index (χ1n) is 6.64. The van der Waals surface area contributed by atoms with E-state index in [1.807, 2.05) is 11.8 Å². The molecule has 0 aromatic heterocycles. The maximum Gasteiger partial charge on any atom is 0.324 e. The summed E-state index contributed by atoms with van der Waals surface area (Å²) in [6.07, 6.45) is 8.06. The first-order valence-corrected chi connectivity index (χ1v) is 8.04. The number of thioether (sulfide) groups is 1. The monoisotopic (exact) mass is 259 g/mol. The highest BCUT2D eigenvalue weighted by Crippen LogP contribution is 2.34. The Labute approximate surface area is 109 Å².